The first kappa shape index (κ1) is 17.4. The van der Waals surface area contributed by atoms with Gasteiger partial charge in [0.2, 0.25) is 0 Å². The lowest BCUT2D eigenvalue weighted by atomic mass is 9.91. The zero-order chi connectivity index (χ0) is 19.8. The van der Waals surface area contributed by atoms with E-state index in [4.69, 9.17) is 20.7 Å². The number of nitrogen functional groups attached to an aromatic ring is 2. The summed E-state index contributed by atoms with van der Waals surface area (Å²) in [7, 11) is 0. The molecule has 0 aliphatic carbocycles. The second-order valence-corrected chi connectivity index (χ2v) is 6.42. The number of hydrogen-bond acceptors (Lipinski definition) is 9. The average molecular weight is 376 g/mol. The van der Waals surface area contributed by atoms with Crippen molar-refractivity contribution in [2.45, 2.75) is 13.8 Å². The summed E-state index contributed by atoms with van der Waals surface area (Å²) in [5, 5.41) is 14.9. The molecule has 9 heteroatoms. The maximum Gasteiger partial charge on any atom is 0.196 e. The number of carbonyl (C=O) groups is 1. The number of aryl methyl sites for hydroxylation is 2. The topological polar surface area (TPSA) is 147 Å². The molecule has 0 saturated carbocycles. The average Bonchev–Trinajstić information content (AvgIpc) is 3.29. The standard InChI is InChI=1S/C19H16N6O3/c1-9-3-5-11(13(7-9)15-18(20)24-27-22-15)17(26)12-6-4-10(2)8-14(12)16-19(21)25-28-23-16/h3-8H,1-2H3,(H2,20,24)(H2,21,25). The van der Waals surface area contributed by atoms with Crippen molar-refractivity contribution in [3.8, 4) is 22.5 Å². The van der Waals surface area contributed by atoms with Gasteiger partial charge in [0.05, 0.1) is 0 Å². The van der Waals surface area contributed by atoms with Gasteiger partial charge in [-0.3, -0.25) is 4.79 Å². The minimum Gasteiger partial charge on any atom is -0.379 e. The Balaban J connectivity index is 1.91. The number of aromatic nitrogens is 4. The fourth-order valence-electron chi connectivity index (χ4n) is 3.01. The molecule has 28 heavy (non-hydrogen) atoms. The molecule has 0 aliphatic rings. The van der Waals surface area contributed by atoms with E-state index in [1.165, 1.54) is 0 Å². The molecule has 4 aromatic rings. The molecule has 0 spiro atoms. The molecule has 140 valence electrons. The molecule has 0 fully saturated rings. The molecule has 0 aliphatic heterocycles. The predicted molar refractivity (Wildman–Crippen MR) is 101 cm³/mol. The Morgan fingerprint density at radius 2 is 1.18 bits per heavy atom. The SMILES string of the molecule is Cc1ccc(C(=O)c2ccc(C)cc2-c2nonc2N)c(-c2nonc2N)c1. The number of nitrogens with two attached hydrogens (primary N) is 2. The number of carbonyl (C=O) groups excluding carboxylic acids is 1. The molecule has 9 nitrogen and oxygen atoms in total. The molecule has 4 N–H and O–H groups in total. The summed E-state index contributed by atoms with van der Waals surface area (Å²) in [6.45, 7) is 3.81. The van der Waals surface area contributed by atoms with E-state index in [0.717, 1.165) is 11.1 Å². The van der Waals surface area contributed by atoms with E-state index < -0.39 is 0 Å². The summed E-state index contributed by atoms with van der Waals surface area (Å²) in [4.78, 5) is 13.5. The number of anilines is 2. The van der Waals surface area contributed by atoms with E-state index >= 15 is 0 Å². The summed E-state index contributed by atoms with van der Waals surface area (Å²) in [5.41, 5.74) is 16.0. The summed E-state index contributed by atoms with van der Waals surface area (Å²) in [5.74, 6) is -0.0442. The summed E-state index contributed by atoms with van der Waals surface area (Å²) < 4.78 is 9.42. The Bertz CT molecular complexity index is 1100. The van der Waals surface area contributed by atoms with Gasteiger partial charge in [-0.1, -0.05) is 35.4 Å². The van der Waals surface area contributed by atoms with Crippen molar-refractivity contribution in [2.24, 2.45) is 0 Å². The normalized spacial score (nSPS) is 10.9. The van der Waals surface area contributed by atoms with Crippen molar-refractivity contribution in [2.75, 3.05) is 11.5 Å². The maximum atomic E-state index is 13.5. The van der Waals surface area contributed by atoms with Gasteiger partial charge in [-0.2, -0.15) is 0 Å². The Hall–Kier alpha value is -4.01. The van der Waals surface area contributed by atoms with Crippen LogP contribution in [0.1, 0.15) is 27.0 Å². The van der Waals surface area contributed by atoms with Crippen LogP contribution in [0.2, 0.25) is 0 Å². The third-order valence-electron chi connectivity index (χ3n) is 4.38. The van der Waals surface area contributed by atoms with Gasteiger partial charge in [0, 0.05) is 22.3 Å². The van der Waals surface area contributed by atoms with E-state index in [9.17, 15) is 4.79 Å². The highest BCUT2D eigenvalue weighted by Gasteiger charge is 2.24. The van der Waals surface area contributed by atoms with Gasteiger partial charge in [0.15, 0.2) is 28.8 Å². The van der Waals surface area contributed by atoms with Crippen LogP contribution >= 0.6 is 0 Å². The van der Waals surface area contributed by atoms with Gasteiger partial charge in [-0.15, -0.1) is 0 Å². The lowest BCUT2D eigenvalue weighted by Crippen LogP contribution is -2.07. The molecule has 0 bridgehead atoms. The zero-order valence-electron chi connectivity index (χ0n) is 15.1. The molecule has 0 atom stereocenters. The van der Waals surface area contributed by atoms with Crippen LogP contribution in [-0.2, 0) is 0 Å². The predicted octanol–water partition coefficient (Wildman–Crippen LogP) is 2.80. The molecule has 0 unspecified atom stereocenters. The first-order valence-corrected chi connectivity index (χ1v) is 8.38. The van der Waals surface area contributed by atoms with Crippen LogP contribution in [0.25, 0.3) is 22.5 Å². The number of nitrogens with zero attached hydrogens (tertiary/aromatic N) is 4. The molecule has 2 aromatic carbocycles. The van der Waals surface area contributed by atoms with Gasteiger partial charge in [-0.05, 0) is 46.6 Å². The van der Waals surface area contributed by atoms with Crippen LogP contribution in [0, 0.1) is 13.8 Å². The third kappa shape index (κ3) is 2.88. The Morgan fingerprint density at radius 1 is 0.750 bits per heavy atom. The van der Waals surface area contributed by atoms with Gasteiger partial charge < -0.3 is 11.5 Å². The maximum absolute atomic E-state index is 13.5. The van der Waals surface area contributed by atoms with Crippen LogP contribution in [-0.4, -0.2) is 26.4 Å². The monoisotopic (exact) mass is 376 g/mol. The minimum atomic E-state index is -0.255. The first-order valence-electron chi connectivity index (χ1n) is 8.38. The van der Waals surface area contributed by atoms with Crippen LogP contribution in [0.15, 0.2) is 45.7 Å². The van der Waals surface area contributed by atoms with Crippen LogP contribution in [0.5, 0.6) is 0 Å². The fourth-order valence-corrected chi connectivity index (χ4v) is 3.01. The number of hydrogen-bond donors (Lipinski definition) is 2. The molecule has 4 rings (SSSR count). The van der Waals surface area contributed by atoms with Gasteiger partial charge in [0.25, 0.3) is 0 Å². The summed E-state index contributed by atoms with van der Waals surface area (Å²) >= 11 is 0. The second-order valence-electron chi connectivity index (χ2n) is 6.42. The Morgan fingerprint density at radius 3 is 1.54 bits per heavy atom. The third-order valence-corrected chi connectivity index (χ3v) is 4.38. The van der Waals surface area contributed by atoms with Crippen molar-refractivity contribution in [1.82, 2.24) is 20.6 Å². The van der Waals surface area contributed by atoms with Gasteiger partial charge in [0.1, 0.15) is 0 Å². The van der Waals surface area contributed by atoms with Crippen molar-refractivity contribution >= 4 is 17.4 Å². The van der Waals surface area contributed by atoms with Crippen molar-refractivity contribution in [3.05, 3.63) is 58.7 Å². The number of rotatable bonds is 4. The quantitative estimate of drug-likeness (QED) is 0.513. The molecule has 2 aromatic heterocycles. The first-order chi connectivity index (χ1) is 13.5. The highest BCUT2D eigenvalue weighted by atomic mass is 16.6. The Kier molecular flexibility index (Phi) is 4.11. The number of benzene rings is 2. The van der Waals surface area contributed by atoms with E-state index in [-0.39, 0.29) is 17.4 Å². The van der Waals surface area contributed by atoms with E-state index in [1.54, 1.807) is 12.1 Å². The summed E-state index contributed by atoms with van der Waals surface area (Å²) in [6, 6.07) is 10.7. The van der Waals surface area contributed by atoms with E-state index in [1.807, 2.05) is 38.1 Å². The van der Waals surface area contributed by atoms with Crippen molar-refractivity contribution < 1.29 is 14.1 Å². The number of ketones is 1. The lowest BCUT2D eigenvalue weighted by Gasteiger charge is -2.11. The molecular weight excluding hydrogens is 360 g/mol. The highest BCUT2D eigenvalue weighted by Crippen LogP contribution is 2.33. The second kappa shape index (κ2) is 6.62. The van der Waals surface area contributed by atoms with Gasteiger partial charge >= 0.3 is 0 Å². The van der Waals surface area contributed by atoms with Gasteiger partial charge in [-0.25, -0.2) is 9.26 Å². The largest absolute Gasteiger partial charge is 0.379 e. The minimum absolute atomic E-state index is 0.105. The van der Waals surface area contributed by atoms with Crippen LogP contribution in [0.4, 0.5) is 11.6 Å². The molecular formula is C19H16N6O3. The van der Waals surface area contributed by atoms with E-state index in [0.29, 0.717) is 33.6 Å². The molecule has 0 amide bonds. The Labute approximate surface area is 159 Å². The zero-order valence-corrected chi connectivity index (χ0v) is 15.1. The van der Waals surface area contributed by atoms with Crippen LogP contribution in [0.3, 0.4) is 0 Å². The summed E-state index contributed by atoms with van der Waals surface area (Å²) in [6.07, 6.45) is 0. The van der Waals surface area contributed by atoms with Crippen LogP contribution < -0.4 is 11.5 Å². The fraction of sp³-hybridized carbons (Fsp3) is 0.105. The molecule has 0 radical (unpaired) electrons. The molecule has 0 saturated heterocycles. The van der Waals surface area contributed by atoms with Crippen molar-refractivity contribution in [1.29, 1.82) is 0 Å². The smallest absolute Gasteiger partial charge is 0.196 e. The van der Waals surface area contributed by atoms with E-state index in [2.05, 4.69) is 20.6 Å². The highest BCUT2D eigenvalue weighted by molar-refractivity contribution is 6.16. The lowest BCUT2D eigenvalue weighted by molar-refractivity contribution is 0.104. The molecule has 2 heterocycles. The van der Waals surface area contributed by atoms with Crippen molar-refractivity contribution in [3.63, 3.8) is 0 Å².